The van der Waals surface area contributed by atoms with Crippen LogP contribution in [0.5, 0.6) is 0 Å². The summed E-state index contributed by atoms with van der Waals surface area (Å²) in [5, 5.41) is 18.0. The van der Waals surface area contributed by atoms with E-state index in [9.17, 15) is 10.1 Å². The zero-order valence-electron chi connectivity index (χ0n) is 23.4. The van der Waals surface area contributed by atoms with Crippen LogP contribution in [0, 0.1) is 11.3 Å². The van der Waals surface area contributed by atoms with Crippen molar-refractivity contribution in [3.05, 3.63) is 102 Å². The van der Waals surface area contributed by atoms with E-state index in [0.717, 1.165) is 58.5 Å². The van der Waals surface area contributed by atoms with Gasteiger partial charge in [-0.05, 0) is 63.3 Å². The van der Waals surface area contributed by atoms with Crippen molar-refractivity contribution in [3.63, 3.8) is 0 Å². The number of imidazole rings is 1. The van der Waals surface area contributed by atoms with E-state index in [1.165, 1.54) is 0 Å². The molecule has 3 aromatic carbocycles. The number of aromatic nitrogens is 3. The molecule has 0 saturated heterocycles. The normalized spacial score (nSPS) is 14.2. The number of nitrogens with zero attached hydrogens (tertiary/aromatic N) is 4. The molecular weight excluding hydrogens is 510 g/mol. The Morgan fingerprint density at radius 2 is 1.66 bits per heavy atom. The number of nitriles is 1. The van der Waals surface area contributed by atoms with Gasteiger partial charge in [-0.15, -0.1) is 0 Å². The van der Waals surface area contributed by atoms with Crippen LogP contribution >= 0.6 is 0 Å². The van der Waals surface area contributed by atoms with E-state index < -0.39 is 17.2 Å². The first-order valence-electron chi connectivity index (χ1n) is 13.8. The average Bonchev–Trinajstić information content (AvgIpc) is 3.37. The van der Waals surface area contributed by atoms with Crippen molar-refractivity contribution in [2.24, 2.45) is 0 Å². The third-order valence-corrected chi connectivity index (χ3v) is 7.56. The third-order valence-electron chi connectivity index (χ3n) is 7.56. The van der Waals surface area contributed by atoms with Gasteiger partial charge in [-0.3, -0.25) is 0 Å². The zero-order chi connectivity index (χ0) is 28.6. The number of ether oxygens (including phenoxy) is 1. The maximum Gasteiger partial charge on any atom is 0.408 e. The lowest BCUT2D eigenvalue weighted by Crippen LogP contribution is -2.52. The lowest BCUT2D eigenvalue weighted by molar-refractivity contribution is 0.0377. The maximum atomic E-state index is 12.7. The number of amides is 1. The van der Waals surface area contributed by atoms with Gasteiger partial charge in [0, 0.05) is 16.7 Å². The molecule has 1 aliphatic rings. The minimum atomic E-state index is -0.559. The molecule has 6 rings (SSSR count). The highest BCUT2D eigenvalue weighted by molar-refractivity contribution is 5.83. The fraction of sp³-hybridized carbons (Fsp3) is 0.235. The number of rotatable bonds is 5. The van der Waals surface area contributed by atoms with Crippen molar-refractivity contribution in [3.8, 4) is 39.7 Å². The van der Waals surface area contributed by atoms with E-state index in [-0.39, 0.29) is 0 Å². The van der Waals surface area contributed by atoms with Gasteiger partial charge in [0.1, 0.15) is 5.60 Å². The van der Waals surface area contributed by atoms with Crippen LogP contribution in [0.15, 0.2) is 91.1 Å². The average molecular weight is 542 g/mol. The summed E-state index contributed by atoms with van der Waals surface area (Å²) in [7, 11) is 0. The molecule has 0 bridgehead atoms. The zero-order valence-corrected chi connectivity index (χ0v) is 23.4. The second-order valence-electron chi connectivity index (χ2n) is 11.5. The number of carbonyl (C=O) groups is 1. The minimum Gasteiger partial charge on any atom is -0.444 e. The highest BCUT2D eigenvalue weighted by Gasteiger charge is 2.41. The Bertz CT molecular complexity index is 1770. The monoisotopic (exact) mass is 541 g/mol. The topological polar surface area (TPSA) is 92.3 Å². The number of carbonyl (C=O) groups excluding carboxylic acids is 1. The predicted molar refractivity (Wildman–Crippen MR) is 159 cm³/mol. The number of benzene rings is 3. The first kappa shape index (κ1) is 26.3. The largest absolute Gasteiger partial charge is 0.444 e. The van der Waals surface area contributed by atoms with Crippen molar-refractivity contribution < 1.29 is 9.53 Å². The third kappa shape index (κ3) is 5.05. The van der Waals surface area contributed by atoms with Gasteiger partial charge in [0.15, 0.2) is 5.65 Å². The van der Waals surface area contributed by atoms with Gasteiger partial charge in [0.25, 0.3) is 0 Å². The first-order valence-corrected chi connectivity index (χ1v) is 13.8. The smallest absolute Gasteiger partial charge is 0.408 e. The van der Waals surface area contributed by atoms with Crippen LogP contribution in [0.1, 0.15) is 51.2 Å². The van der Waals surface area contributed by atoms with Gasteiger partial charge in [0.05, 0.1) is 34.8 Å². The molecule has 0 unspecified atom stereocenters. The molecule has 1 N–H and O–H groups in total. The fourth-order valence-electron chi connectivity index (χ4n) is 5.42. The molecule has 1 fully saturated rings. The van der Waals surface area contributed by atoms with Crippen LogP contribution in [0.3, 0.4) is 0 Å². The Morgan fingerprint density at radius 3 is 2.32 bits per heavy atom. The summed E-state index contributed by atoms with van der Waals surface area (Å²) in [6, 6.07) is 30.2. The molecule has 204 valence electrons. The number of hydrogen-bond donors (Lipinski definition) is 1. The summed E-state index contributed by atoms with van der Waals surface area (Å²) in [4.78, 5) is 17.3. The summed E-state index contributed by atoms with van der Waals surface area (Å²) in [6.45, 7) is 5.61. The minimum absolute atomic E-state index is 0.398. The number of hydrogen-bond acceptors (Lipinski definition) is 5. The molecule has 2 aromatic heterocycles. The van der Waals surface area contributed by atoms with Gasteiger partial charge in [-0.25, -0.2) is 14.3 Å². The molecule has 41 heavy (non-hydrogen) atoms. The van der Waals surface area contributed by atoms with Gasteiger partial charge in [0.2, 0.25) is 0 Å². The molecule has 0 radical (unpaired) electrons. The van der Waals surface area contributed by atoms with E-state index >= 15 is 0 Å². The van der Waals surface area contributed by atoms with Crippen LogP contribution in [-0.2, 0) is 10.3 Å². The molecule has 7 nitrogen and oxygen atoms in total. The van der Waals surface area contributed by atoms with Crippen molar-refractivity contribution in [1.82, 2.24) is 19.9 Å². The standard InChI is InChI=1S/C34H31N5O2/c1-33(2,3)41-32(40)37-34(18-9-19-34)26-16-14-24(15-17-26)31-28(23-10-5-4-6-11-23)20-30-36-22-29(39(30)38-31)27-13-8-7-12-25(27)21-35/h4-8,10-17,20,22H,9,18-19H2,1-3H3,(H,37,40). The predicted octanol–water partition coefficient (Wildman–Crippen LogP) is 7.51. The van der Waals surface area contributed by atoms with Crippen LogP contribution < -0.4 is 5.32 Å². The van der Waals surface area contributed by atoms with E-state index in [0.29, 0.717) is 11.2 Å². The molecule has 7 heteroatoms. The molecule has 2 heterocycles. The Labute approximate surface area is 239 Å². The van der Waals surface area contributed by atoms with Crippen LogP contribution in [0.25, 0.3) is 39.3 Å². The van der Waals surface area contributed by atoms with Crippen molar-refractivity contribution in [2.45, 2.75) is 51.2 Å². The molecular formula is C34H31N5O2. The molecule has 1 aliphatic carbocycles. The van der Waals surface area contributed by atoms with Gasteiger partial charge in [-0.2, -0.15) is 10.4 Å². The molecule has 0 spiro atoms. The van der Waals surface area contributed by atoms with Gasteiger partial charge < -0.3 is 10.1 Å². The second kappa shape index (κ2) is 10.2. The lowest BCUT2D eigenvalue weighted by Gasteiger charge is -2.43. The summed E-state index contributed by atoms with van der Waals surface area (Å²) in [5.41, 5.74) is 6.59. The Kier molecular flexibility index (Phi) is 6.55. The maximum absolute atomic E-state index is 12.7. The van der Waals surface area contributed by atoms with Crippen LogP contribution in [-0.4, -0.2) is 26.3 Å². The van der Waals surface area contributed by atoms with Gasteiger partial charge in [-0.1, -0.05) is 72.8 Å². The molecule has 0 aliphatic heterocycles. The Morgan fingerprint density at radius 1 is 0.951 bits per heavy atom. The molecule has 1 amide bonds. The van der Waals surface area contributed by atoms with E-state index in [1.807, 2.05) is 67.8 Å². The lowest BCUT2D eigenvalue weighted by atomic mass is 9.71. The van der Waals surface area contributed by atoms with Crippen molar-refractivity contribution in [1.29, 1.82) is 5.26 Å². The van der Waals surface area contributed by atoms with E-state index in [2.05, 4.69) is 52.8 Å². The summed E-state index contributed by atoms with van der Waals surface area (Å²) < 4.78 is 7.37. The van der Waals surface area contributed by atoms with E-state index in [1.54, 1.807) is 12.3 Å². The van der Waals surface area contributed by atoms with Gasteiger partial charge >= 0.3 is 6.09 Å². The molecule has 1 saturated carbocycles. The van der Waals surface area contributed by atoms with Crippen LogP contribution in [0.2, 0.25) is 0 Å². The highest BCUT2D eigenvalue weighted by atomic mass is 16.6. The number of fused-ring (bicyclic) bond motifs is 1. The SMILES string of the molecule is CC(C)(C)OC(=O)NC1(c2ccc(-c3nn4c(-c5ccccc5C#N)cnc4cc3-c3ccccc3)cc2)CCC1. The quantitative estimate of drug-likeness (QED) is 0.249. The molecule has 5 aromatic rings. The van der Waals surface area contributed by atoms with Crippen molar-refractivity contribution in [2.75, 3.05) is 0 Å². The first-order chi connectivity index (χ1) is 19.8. The summed E-state index contributed by atoms with van der Waals surface area (Å²) in [6.07, 6.45) is 4.14. The number of alkyl carbamates (subject to hydrolysis) is 1. The fourth-order valence-corrected chi connectivity index (χ4v) is 5.42. The van der Waals surface area contributed by atoms with Crippen molar-refractivity contribution >= 4 is 11.7 Å². The number of nitrogens with one attached hydrogen (secondary N) is 1. The Hall–Kier alpha value is -4.96. The van der Waals surface area contributed by atoms with E-state index in [4.69, 9.17) is 9.84 Å². The van der Waals surface area contributed by atoms with Crippen LogP contribution in [0.4, 0.5) is 4.79 Å². The molecule has 0 atom stereocenters. The highest BCUT2D eigenvalue weighted by Crippen LogP contribution is 2.42. The Balaban J connectivity index is 1.43. The second-order valence-corrected chi connectivity index (χ2v) is 11.5. The summed E-state index contributed by atoms with van der Waals surface area (Å²) in [5.74, 6) is 0. The summed E-state index contributed by atoms with van der Waals surface area (Å²) >= 11 is 0.